The molecule has 0 N–H and O–H groups in total. The van der Waals surface area contributed by atoms with Gasteiger partial charge in [0.1, 0.15) is 11.5 Å². The summed E-state index contributed by atoms with van der Waals surface area (Å²) in [7, 11) is 0. The third-order valence-corrected chi connectivity index (χ3v) is 2.78. The Bertz CT molecular complexity index is 403. The fourth-order valence-electron chi connectivity index (χ4n) is 1.11. The second kappa shape index (κ2) is 11.0. The fraction of sp³-hybridized carbons (Fsp3) is 0.400. The Morgan fingerprint density at radius 3 is 1.24 bits per heavy atom. The van der Waals surface area contributed by atoms with E-state index in [9.17, 15) is 0 Å². The zero-order chi connectivity index (χ0) is 16.1. The highest BCUT2D eigenvalue weighted by molar-refractivity contribution is 5.30. The van der Waals surface area contributed by atoms with Gasteiger partial charge in [-0.2, -0.15) is 0 Å². The number of hydrogen-bond donors (Lipinski definition) is 0. The summed E-state index contributed by atoms with van der Waals surface area (Å²) in [6, 6.07) is 19.5. The first-order valence-electron chi connectivity index (χ1n) is 7.79. The van der Waals surface area contributed by atoms with Crippen LogP contribution < -0.4 is 4.74 Å². The maximum atomic E-state index is 5.58. The van der Waals surface area contributed by atoms with Gasteiger partial charge in [0.2, 0.25) is 0 Å². The molecule has 0 aliphatic heterocycles. The van der Waals surface area contributed by atoms with Gasteiger partial charge >= 0.3 is 0 Å². The summed E-state index contributed by atoms with van der Waals surface area (Å²) in [5.41, 5.74) is 0.542. The SMILES string of the molecule is CC.CCC(C)(C)C.c1ccc(Oc2ccccc2)cc1. The molecule has 0 bridgehead atoms. The van der Waals surface area contributed by atoms with Gasteiger partial charge in [0.15, 0.2) is 0 Å². The fourth-order valence-corrected chi connectivity index (χ4v) is 1.11. The molecule has 0 fully saturated rings. The molecule has 21 heavy (non-hydrogen) atoms. The molecule has 2 aromatic rings. The van der Waals surface area contributed by atoms with Crippen LogP contribution in [0.3, 0.4) is 0 Å². The van der Waals surface area contributed by atoms with Crippen LogP contribution in [0.15, 0.2) is 60.7 Å². The molecule has 0 unspecified atom stereocenters. The number of benzene rings is 2. The van der Waals surface area contributed by atoms with E-state index < -0.39 is 0 Å². The molecule has 0 saturated heterocycles. The first-order chi connectivity index (χ1) is 10.0. The molecule has 0 amide bonds. The van der Waals surface area contributed by atoms with Crippen molar-refractivity contribution in [2.45, 2.75) is 48.0 Å². The highest BCUT2D eigenvalue weighted by Crippen LogP contribution is 2.19. The number of rotatable bonds is 2. The molecule has 2 rings (SSSR count). The average molecular weight is 286 g/mol. The van der Waals surface area contributed by atoms with E-state index in [-0.39, 0.29) is 0 Å². The molecular formula is C20H30O. The monoisotopic (exact) mass is 286 g/mol. The van der Waals surface area contributed by atoms with E-state index in [1.165, 1.54) is 6.42 Å². The second-order valence-electron chi connectivity index (χ2n) is 5.64. The molecule has 1 heteroatoms. The van der Waals surface area contributed by atoms with Crippen molar-refractivity contribution < 1.29 is 4.74 Å². The Morgan fingerprint density at radius 2 is 1.00 bits per heavy atom. The van der Waals surface area contributed by atoms with Crippen LogP contribution in [0.4, 0.5) is 0 Å². The zero-order valence-corrected chi connectivity index (χ0v) is 14.4. The van der Waals surface area contributed by atoms with Gasteiger partial charge in [-0.05, 0) is 29.7 Å². The van der Waals surface area contributed by atoms with Crippen molar-refractivity contribution in [3.05, 3.63) is 60.7 Å². The summed E-state index contributed by atoms with van der Waals surface area (Å²) in [5.74, 6) is 1.74. The number of hydrogen-bond acceptors (Lipinski definition) is 1. The van der Waals surface area contributed by atoms with E-state index in [1.807, 2.05) is 74.5 Å². The van der Waals surface area contributed by atoms with Gasteiger partial charge in [0.25, 0.3) is 0 Å². The third-order valence-electron chi connectivity index (χ3n) is 2.78. The quantitative estimate of drug-likeness (QED) is 0.580. The Morgan fingerprint density at radius 1 is 0.714 bits per heavy atom. The van der Waals surface area contributed by atoms with Crippen LogP contribution in [0.2, 0.25) is 0 Å². The molecule has 0 aromatic heterocycles. The molecule has 0 spiro atoms. The summed E-state index contributed by atoms with van der Waals surface area (Å²) in [4.78, 5) is 0. The van der Waals surface area contributed by atoms with E-state index in [2.05, 4.69) is 27.7 Å². The molecule has 0 atom stereocenters. The van der Waals surface area contributed by atoms with Crippen LogP contribution in [0, 0.1) is 5.41 Å². The minimum atomic E-state index is 0.542. The van der Waals surface area contributed by atoms with E-state index >= 15 is 0 Å². The van der Waals surface area contributed by atoms with E-state index in [0.29, 0.717) is 5.41 Å². The molecule has 0 saturated carbocycles. The molecule has 0 aliphatic rings. The van der Waals surface area contributed by atoms with Crippen LogP contribution in [-0.2, 0) is 0 Å². The lowest BCUT2D eigenvalue weighted by Gasteiger charge is -2.12. The summed E-state index contributed by atoms with van der Waals surface area (Å²) >= 11 is 0. The van der Waals surface area contributed by atoms with Gasteiger partial charge in [-0.15, -0.1) is 0 Å². The normalized spacial score (nSPS) is 9.62. The average Bonchev–Trinajstić information content (AvgIpc) is 2.51. The maximum Gasteiger partial charge on any atom is 0.127 e. The molecule has 116 valence electrons. The Kier molecular flexibility index (Phi) is 10.0. The molecule has 0 radical (unpaired) electrons. The standard InChI is InChI=1S/C12H10O.C6H14.C2H6/c1-3-7-11(8-4-1)13-12-9-5-2-6-10-12;1-5-6(2,3)4;1-2/h1-10H;5H2,1-4H3;1-2H3. The minimum Gasteiger partial charge on any atom is -0.457 e. The second-order valence-corrected chi connectivity index (χ2v) is 5.64. The van der Waals surface area contributed by atoms with Gasteiger partial charge in [0, 0.05) is 0 Å². The Hall–Kier alpha value is -1.76. The van der Waals surface area contributed by atoms with Crippen molar-refractivity contribution in [2.75, 3.05) is 0 Å². The lowest BCUT2D eigenvalue weighted by molar-refractivity contribution is 0.398. The third kappa shape index (κ3) is 10.7. The zero-order valence-electron chi connectivity index (χ0n) is 14.4. The van der Waals surface area contributed by atoms with Gasteiger partial charge in [-0.25, -0.2) is 0 Å². The summed E-state index contributed by atoms with van der Waals surface area (Å²) in [6.07, 6.45) is 1.27. The van der Waals surface area contributed by atoms with Crippen molar-refractivity contribution in [2.24, 2.45) is 5.41 Å². The number of ether oxygens (including phenoxy) is 1. The summed E-state index contributed by atoms with van der Waals surface area (Å²) in [6.45, 7) is 12.9. The van der Waals surface area contributed by atoms with Crippen LogP contribution in [-0.4, -0.2) is 0 Å². The van der Waals surface area contributed by atoms with Crippen molar-refractivity contribution >= 4 is 0 Å². The lowest BCUT2D eigenvalue weighted by Crippen LogP contribution is -2.00. The smallest absolute Gasteiger partial charge is 0.127 e. The van der Waals surface area contributed by atoms with Crippen LogP contribution in [0.1, 0.15) is 48.0 Å². The van der Waals surface area contributed by atoms with Gasteiger partial charge < -0.3 is 4.74 Å². The largest absolute Gasteiger partial charge is 0.457 e. The Labute approximate surface area is 131 Å². The maximum absolute atomic E-state index is 5.58. The van der Waals surface area contributed by atoms with Crippen molar-refractivity contribution in [1.29, 1.82) is 0 Å². The molecule has 1 nitrogen and oxygen atoms in total. The first kappa shape index (κ1) is 19.2. The van der Waals surface area contributed by atoms with E-state index in [1.54, 1.807) is 0 Å². The number of para-hydroxylation sites is 2. The molecule has 2 aromatic carbocycles. The Balaban J connectivity index is 0.000000427. The predicted octanol–water partition coefficient (Wildman–Crippen LogP) is 6.95. The van der Waals surface area contributed by atoms with E-state index in [4.69, 9.17) is 4.74 Å². The van der Waals surface area contributed by atoms with Crippen LogP contribution in [0.25, 0.3) is 0 Å². The first-order valence-corrected chi connectivity index (χ1v) is 7.79. The van der Waals surface area contributed by atoms with Crippen molar-refractivity contribution in [3.8, 4) is 11.5 Å². The topological polar surface area (TPSA) is 9.23 Å². The predicted molar refractivity (Wildman–Crippen MR) is 94.1 cm³/mol. The highest BCUT2D eigenvalue weighted by Gasteiger charge is 2.03. The highest BCUT2D eigenvalue weighted by atomic mass is 16.5. The molecular weight excluding hydrogens is 256 g/mol. The minimum absolute atomic E-state index is 0.542. The molecule has 0 heterocycles. The van der Waals surface area contributed by atoms with Gasteiger partial charge in [0.05, 0.1) is 0 Å². The van der Waals surface area contributed by atoms with E-state index in [0.717, 1.165) is 11.5 Å². The summed E-state index contributed by atoms with van der Waals surface area (Å²) in [5, 5.41) is 0. The lowest BCUT2D eigenvalue weighted by atomic mass is 9.94. The summed E-state index contributed by atoms with van der Waals surface area (Å²) < 4.78 is 5.58. The van der Waals surface area contributed by atoms with Crippen LogP contribution in [0.5, 0.6) is 11.5 Å². The van der Waals surface area contributed by atoms with Gasteiger partial charge in [-0.1, -0.05) is 84.4 Å². The van der Waals surface area contributed by atoms with Crippen molar-refractivity contribution in [1.82, 2.24) is 0 Å². The van der Waals surface area contributed by atoms with Crippen molar-refractivity contribution in [3.63, 3.8) is 0 Å². The van der Waals surface area contributed by atoms with Gasteiger partial charge in [-0.3, -0.25) is 0 Å². The van der Waals surface area contributed by atoms with Crippen LogP contribution >= 0.6 is 0 Å². The molecule has 0 aliphatic carbocycles.